The summed E-state index contributed by atoms with van der Waals surface area (Å²) in [6.45, 7) is 4.05. The van der Waals surface area contributed by atoms with Crippen molar-refractivity contribution < 1.29 is 4.79 Å². The molecule has 1 aromatic carbocycles. The second kappa shape index (κ2) is 6.40. The van der Waals surface area contributed by atoms with Crippen LogP contribution < -0.4 is 5.32 Å². The van der Waals surface area contributed by atoms with Crippen molar-refractivity contribution >= 4 is 5.91 Å². The summed E-state index contributed by atoms with van der Waals surface area (Å²) in [5.41, 5.74) is 2.47. The van der Waals surface area contributed by atoms with E-state index in [1.165, 1.54) is 19.3 Å². The molecular weight excluding hydrogens is 300 g/mol. The minimum Gasteiger partial charge on any atom is -0.342 e. The quantitative estimate of drug-likeness (QED) is 0.940. The number of carbonyl (C=O) groups excluding carboxylic acids is 1. The predicted octanol–water partition coefficient (Wildman–Crippen LogP) is 2.02. The Morgan fingerprint density at radius 2 is 1.96 bits per heavy atom. The SMILES string of the molecule is O=C(Cc1ccc(-n2cccn2)cc1)N1CCC2(CCNCC2)C1. The fourth-order valence-corrected chi connectivity index (χ4v) is 3.99. The van der Waals surface area contributed by atoms with Crippen molar-refractivity contribution in [3.8, 4) is 5.69 Å². The number of amides is 1. The molecule has 1 aromatic heterocycles. The van der Waals surface area contributed by atoms with Gasteiger partial charge in [-0.05, 0) is 61.5 Å². The highest BCUT2D eigenvalue weighted by Gasteiger charge is 2.40. The monoisotopic (exact) mass is 324 g/mol. The smallest absolute Gasteiger partial charge is 0.227 e. The molecule has 1 N–H and O–H groups in total. The molecule has 0 radical (unpaired) electrons. The van der Waals surface area contributed by atoms with Crippen LogP contribution in [0.15, 0.2) is 42.7 Å². The van der Waals surface area contributed by atoms with Crippen molar-refractivity contribution in [2.24, 2.45) is 5.41 Å². The van der Waals surface area contributed by atoms with Crippen molar-refractivity contribution in [3.63, 3.8) is 0 Å². The standard InChI is InChI=1S/C19H24N4O/c24-18(22-13-8-19(15-22)6-10-20-11-7-19)14-16-2-4-17(5-3-16)23-12-1-9-21-23/h1-5,9,12,20H,6-8,10-11,13-15H2. The van der Waals surface area contributed by atoms with Gasteiger partial charge in [-0.25, -0.2) is 4.68 Å². The Morgan fingerprint density at radius 3 is 2.67 bits per heavy atom. The Kier molecular flexibility index (Phi) is 4.10. The van der Waals surface area contributed by atoms with Crippen molar-refractivity contribution in [2.75, 3.05) is 26.2 Å². The van der Waals surface area contributed by atoms with Gasteiger partial charge in [0.2, 0.25) is 5.91 Å². The minimum atomic E-state index is 0.261. The van der Waals surface area contributed by atoms with Crippen LogP contribution >= 0.6 is 0 Å². The number of rotatable bonds is 3. The third-order valence-corrected chi connectivity index (χ3v) is 5.52. The van der Waals surface area contributed by atoms with Gasteiger partial charge in [0.1, 0.15) is 0 Å². The molecule has 3 heterocycles. The van der Waals surface area contributed by atoms with Crippen LogP contribution in [0, 0.1) is 5.41 Å². The maximum absolute atomic E-state index is 12.6. The van der Waals surface area contributed by atoms with E-state index in [9.17, 15) is 4.79 Å². The van der Waals surface area contributed by atoms with Crippen LogP contribution in [0.3, 0.4) is 0 Å². The lowest BCUT2D eigenvalue weighted by molar-refractivity contribution is -0.129. The Morgan fingerprint density at radius 1 is 1.17 bits per heavy atom. The fraction of sp³-hybridized carbons (Fsp3) is 0.474. The maximum atomic E-state index is 12.6. The van der Waals surface area contributed by atoms with Crippen molar-refractivity contribution in [2.45, 2.75) is 25.7 Å². The van der Waals surface area contributed by atoms with Gasteiger partial charge < -0.3 is 10.2 Å². The van der Waals surface area contributed by atoms with Crippen molar-refractivity contribution in [3.05, 3.63) is 48.3 Å². The van der Waals surface area contributed by atoms with Gasteiger partial charge >= 0.3 is 0 Å². The molecule has 24 heavy (non-hydrogen) atoms. The third kappa shape index (κ3) is 3.08. The lowest BCUT2D eigenvalue weighted by atomic mass is 9.78. The zero-order valence-corrected chi connectivity index (χ0v) is 13.9. The first-order valence-electron chi connectivity index (χ1n) is 8.82. The van der Waals surface area contributed by atoms with Gasteiger partial charge in [0.25, 0.3) is 0 Å². The number of hydrogen-bond donors (Lipinski definition) is 1. The van der Waals surface area contributed by atoms with E-state index in [1.807, 2.05) is 41.2 Å². The Hall–Kier alpha value is -2.14. The summed E-state index contributed by atoms with van der Waals surface area (Å²) in [6, 6.07) is 10.0. The van der Waals surface area contributed by atoms with Crippen LogP contribution in [0.1, 0.15) is 24.8 Å². The molecule has 2 fully saturated rings. The van der Waals surface area contributed by atoms with Crippen LogP contribution in [0.5, 0.6) is 0 Å². The number of likely N-dealkylation sites (tertiary alicyclic amines) is 1. The molecule has 0 bridgehead atoms. The summed E-state index contributed by atoms with van der Waals surface area (Å²) >= 11 is 0. The summed E-state index contributed by atoms with van der Waals surface area (Å²) in [4.78, 5) is 14.7. The first kappa shape index (κ1) is 15.4. The molecule has 2 aliphatic rings. The summed E-state index contributed by atoms with van der Waals surface area (Å²) < 4.78 is 1.83. The maximum Gasteiger partial charge on any atom is 0.227 e. The zero-order valence-electron chi connectivity index (χ0n) is 13.9. The fourth-order valence-electron chi connectivity index (χ4n) is 3.99. The average molecular weight is 324 g/mol. The molecule has 2 aliphatic heterocycles. The summed E-state index contributed by atoms with van der Waals surface area (Å²) in [5.74, 6) is 0.261. The molecule has 2 saturated heterocycles. The van der Waals surface area contributed by atoms with Crippen LogP contribution in [-0.4, -0.2) is 46.8 Å². The zero-order chi connectivity index (χ0) is 16.4. The molecule has 0 unspecified atom stereocenters. The highest BCUT2D eigenvalue weighted by molar-refractivity contribution is 5.79. The normalized spacial score (nSPS) is 19.8. The van der Waals surface area contributed by atoms with E-state index >= 15 is 0 Å². The van der Waals surface area contributed by atoms with Gasteiger partial charge in [-0.2, -0.15) is 5.10 Å². The van der Waals surface area contributed by atoms with Crippen molar-refractivity contribution in [1.82, 2.24) is 20.0 Å². The lowest BCUT2D eigenvalue weighted by Gasteiger charge is -2.33. The number of nitrogens with one attached hydrogen (secondary N) is 1. The second-order valence-electron chi connectivity index (χ2n) is 7.11. The average Bonchev–Trinajstić information content (AvgIpc) is 3.27. The van der Waals surface area contributed by atoms with Crippen LogP contribution in [-0.2, 0) is 11.2 Å². The molecule has 1 amide bonds. The minimum absolute atomic E-state index is 0.261. The molecule has 0 saturated carbocycles. The number of piperidine rings is 1. The summed E-state index contributed by atoms with van der Waals surface area (Å²) in [6.07, 6.45) is 7.75. The Labute approximate surface area is 142 Å². The Balaban J connectivity index is 1.38. The lowest BCUT2D eigenvalue weighted by Crippen LogP contribution is -2.40. The van der Waals surface area contributed by atoms with E-state index in [4.69, 9.17) is 0 Å². The second-order valence-corrected chi connectivity index (χ2v) is 7.11. The number of benzene rings is 1. The highest BCUT2D eigenvalue weighted by atomic mass is 16.2. The van der Waals surface area contributed by atoms with Gasteiger partial charge in [-0.1, -0.05) is 12.1 Å². The van der Waals surface area contributed by atoms with E-state index in [1.54, 1.807) is 6.20 Å². The first-order valence-corrected chi connectivity index (χ1v) is 8.82. The molecule has 2 aromatic rings. The Bertz CT molecular complexity index is 687. The van der Waals surface area contributed by atoms with Crippen molar-refractivity contribution in [1.29, 1.82) is 0 Å². The first-order chi connectivity index (χ1) is 11.7. The van der Waals surface area contributed by atoms with E-state index in [0.29, 0.717) is 11.8 Å². The summed E-state index contributed by atoms with van der Waals surface area (Å²) in [5, 5.41) is 7.65. The third-order valence-electron chi connectivity index (χ3n) is 5.52. The van der Waals surface area contributed by atoms with Gasteiger partial charge in [0.05, 0.1) is 12.1 Å². The van der Waals surface area contributed by atoms with Crippen LogP contribution in [0.25, 0.3) is 5.69 Å². The molecule has 0 atom stereocenters. The van der Waals surface area contributed by atoms with E-state index in [2.05, 4.69) is 15.3 Å². The number of nitrogens with zero attached hydrogens (tertiary/aromatic N) is 3. The molecule has 0 aliphatic carbocycles. The van der Waals surface area contributed by atoms with E-state index in [-0.39, 0.29) is 5.91 Å². The molecule has 4 rings (SSSR count). The molecule has 5 heteroatoms. The van der Waals surface area contributed by atoms with E-state index < -0.39 is 0 Å². The number of aromatic nitrogens is 2. The van der Waals surface area contributed by atoms with Gasteiger partial charge in [-0.15, -0.1) is 0 Å². The van der Waals surface area contributed by atoms with E-state index in [0.717, 1.165) is 37.4 Å². The largest absolute Gasteiger partial charge is 0.342 e. The highest BCUT2D eigenvalue weighted by Crippen LogP contribution is 2.38. The number of hydrogen-bond acceptors (Lipinski definition) is 3. The molecule has 5 nitrogen and oxygen atoms in total. The number of carbonyl (C=O) groups is 1. The topological polar surface area (TPSA) is 50.2 Å². The predicted molar refractivity (Wildman–Crippen MR) is 93.0 cm³/mol. The molecular formula is C19H24N4O. The summed E-state index contributed by atoms with van der Waals surface area (Å²) in [7, 11) is 0. The van der Waals surface area contributed by atoms with Gasteiger partial charge in [0.15, 0.2) is 0 Å². The molecule has 1 spiro atoms. The van der Waals surface area contributed by atoms with Crippen LogP contribution in [0.2, 0.25) is 0 Å². The van der Waals surface area contributed by atoms with Crippen LogP contribution in [0.4, 0.5) is 0 Å². The molecule has 126 valence electrons. The van der Waals surface area contributed by atoms with Gasteiger partial charge in [0, 0.05) is 25.5 Å². The van der Waals surface area contributed by atoms with Gasteiger partial charge in [-0.3, -0.25) is 4.79 Å².